The minimum atomic E-state index is -1.45. The second-order valence-corrected chi connectivity index (χ2v) is 15.2. The van der Waals surface area contributed by atoms with Crippen LogP contribution in [0.5, 0.6) is 0 Å². The SMILES string of the molecule is CSCC[C@H](NC(=O)CN)C(=O)N[C@@H](CCC(=O)O)C(=O)N[C@@H](C)C(=O)N[C@@H](C)C(=O)N[C@@H](CCCN=C(N)N)C(=O)N[C@@H](CCC(N)=O)C(=O)N[C@@H](CC(C)C)C(=O)O. The molecule has 0 aliphatic heterocycles. The minimum absolute atomic E-state index is 0.0291. The number of amides is 8. The third-order valence-corrected chi connectivity index (χ3v) is 9.09. The molecule has 0 unspecified atom stereocenters. The number of primary amides is 1. The topological polar surface area (TPSA) is 412 Å². The Bertz CT molecular complexity index is 1550. The van der Waals surface area contributed by atoms with E-state index in [0.29, 0.717) is 5.75 Å². The first-order valence-corrected chi connectivity index (χ1v) is 20.5. The quantitative estimate of drug-likeness (QED) is 0.0184. The Labute approximate surface area is 352 Å². The third kappa shape index (κ3) is 23.0. The van der Waals surface area contributed by atoms with Crippen LogP contribution in [0.3, 0.4) is 0 Å². The molecule has 25 heteroatoms. The number of carboxylic acid groups (broad SMARTS) is 2. The predicted octanol–water partition coefficient (Wildman–Crippen LogP) is -4.55. The molecule has 0 saturated heterocycles. The zero-order valence-electron chi connectivity index (χ0n) is 34.5. The number of aliphatic imine (C=N–C) groups is 1. The van der Waals surface area contributed by atoms with Gasteiger partial charge >= 0.3 is 11.9 Å². The highest BCUT2D eigenvalue weighted by atomic mass is 32.2. The summed E-state index contributed by atoms with van der Waals surface area (Å²) in [5.74, 6) is -9.31. The summed E-state index contributed by atoms with van der Waals surface area (Å²) in [5, 5.41) is 35.7. The molecule has 0 radical (unpaired) electrons. The van der Waals surface area contributed by atoms with Crippen molar-refractivity contribution in [2.75, 3.05) is 25.1 Å². The Morgan fingerprint density at radius 3 is 1.47 bits per heavy atom. The summed E-state index contributed by atoms with van der Waals surface area (Å²) in [4.78, 5) is 130. The molecule has 17 N–H and O–H groups in total. The van der Waals surface area contributed by atoms with Gasteiger partial charge in [-0.15, -0.1) is 0 Å². The number of nitrogens with zero attached hydrogens (tertiary/aromatic N) is 1. The van der Waals surface area contributed by atoms with Crippen molar-refractivity contribution in [3.63, 3.8) is 0 Å². The Morgan fingerprint density at radius 2 is 1.02 bits per heavy atom. The van der Waals surface area contributed by atoms with E-state index in [4.69, 9.17) is 22.9 Å². The number of carboxylic acids is 2. The van der Waals surface area contributed by atoms with Gasteiger partial charge in [0, 0.05) is 19.4 Å². The highest BCUT2D eigenvalue weighted by Gasteiger charge is 2.32. The molecule has 340 valence electrons. The van der Waals surface area contributed by atoms with Crippen molar-refractivity contribution in [1.29, 1.82) is 0 Å². The maximum atomic E-state index is 13.6. The smallest absolute Gasteiger partial charge is 0.326 e. The molecule has 0 aromatic rings. The van der Waals surface area contributed by atoms with Crippen molar-refractivity contribution in [2.24, 2.45) is 33.8 Å². The average molecular weight is 875 g/mol. The van der Waals surface area contributed by atoms with E-state index in [2.05, 4.69) is 42.2 Å². The number of carbonyl (C=O) groups excluding carboxylic acids is 8. The Balaban J connectivity index is 6.05. The molecular weight excluding hydrogens is 813 g/mol. The van der Waals surface area contributed by atoms with Crippen molar-refractivity contribution < 1.29 is 58.2 Å². The van der Waals surface area contributed by atoms with Crippen molar-refractivity contribution >= 4 is 76.9 Å². The van der Waals surface area contributed by atoms with Crippen LogP contribution >= 0.6 is 11.8 Å². The zero-order chi connectivity index (χ0) is 46.1. The number of rotatable bonds is 30. The lowest BCUT2D eigenvalue weighted by atomic mass is 10.0. The van der Waals surface area contributed by atoms with Crippen LogP contribution < -0.4 is 60.2 Å². The maximum absolute atomic E-state index is 13.6. The van der Waals surface area contributed by atoms with E-state index >= 15 is 0 Å². The molecular formula is C35H62N12O12S. The van der Waals surface area contributed by atoms with E-state index in [1.807, 2.05) is 0 Å². The summed E-state index contributed by atoms with van der Waals surface area (Å²) in [5.41, 5.74) is 21.4. The lowest BCUT2D eigenvalue weighted by Gasteiger charge is -2.26. The van der Waals surface area contributed by atoms with Crippen molar-refractivity contribution in [1.82, 2.24) is 37.2 Å². The van der Waals surface area contributed by atoms with Gasteiger partial charge in [0.25, 0.3) is 0 Å². The molecule has 0 heterocycles. The number of hydrogen-bond donors (Lipinski definition) is 13. The standard InChI is InChI=1S/C35H62N12O12S/c1-17(2)15-24(34(58)59)47-32(56)21(8-10-25(37)48)45-31(55)20(7-6-13-40-35(38)39)44-29(53)19(4)41-28(52)18(3)42-30(54)22(9-11-27(50)51)46-33(57)23(12-14-60-5)43-26(49)16-36/h17-24H,6-16,36H2,1-5H3,(H2,37,48)(H,41,52)(H,42,54)(H,43,49)(H,44,53)(H,45,55)(H,46,57)(H,47,56)(H,50,51)(H,58,59)(H4,38,39,40)/t18-,19-,20-,21-,22-,23-,24-/m0/s1. The van der Waals surface area contributed by atoms with Crippen LogP contribution in [-0.4, -0.2) is 143 Å². The van der Waals surface area contributed by atoms with Gasteiger partial charge in [0.15, 0.2) is 5.96 Å². The van der Waals surface area contributed by atoms with Gasteiger partial charge in [-0.3, -0.25) is 48.1 Å². The van der Waals surface area contributed by atoms with Crippen LogP contribution in [0.2, 0.25) is 0 Å². The van der Waals surface area contributed by atoms with E-state index in [-0.39, 0.29) is 63.4 Å². The second-order valence-electron chi connectivity index (χ2n) is 14.2. The van der Waals surface area contributed by atoms with Gasteiger partial charge in [0.05, 0.1) is 6.54 Å². The molecule has 0 aliphatic carbocycles. The molecule has 0 aromatic carbocycles. The minimum Gasteiger partial charge on any atom is -0.481 e. The fourth-order valence-electron chi connectivity index (χ4n) is 5.21. The number of thioether (sulfide) groups is 1. The Hall–Kier alpha value is -5.72. The number of nitrogens with one attached hydrogen (secondary N) is 7. The van der Waals surface area contributed by atoms with Crippen LogP contribution in [0, 0.1) is 5.92 Å². The van der Waals surface area contributed by atoms with E-state index < -0.39 is 114 Å². The van der Waals surface area contributed by atoms with E-state index in [1.54, 1.807) is 20.1 Å². The molecule has 8 amide bonds. The Kier molecular flexibility index (Phi) is 25.9. The molecule has 0 rings (SSSR count). The number of guanidine groups is 1. The van der Waals surface area contributed by atoms with Gasteiger partial charge in [-0.1, -0.05) is 13.8 Å². The van der Waals surface area contributed by atoms with Crippen LogP contribution in [0.4, 0.5) is 0 Å². The summed E-state index contributed by atoms with van der Waals surface area (Å²) in [7, 11) is 0. The summed E-state index contributed by atoms with van der Waals surface area (Å²) in [6.07, 6.45) is 0.433. The highest BCUT2D eigenvalue weighted by molar-refractivity contribution is 7.98. The van der Waals surface area contributed by atoms with E-state index in [9.17, 15) is 58.2 Å². The molecule has 0 fully saturated rings. The largest absolute Gasteiger partial charge is 0.481 e. The molecule has 0 spiro atoms. The van der Waals surface area contributed by atoms with Crippen LogP contribution in [0.25, 0.3) is 0 Å². The van der Waals surface area contributed by atoms with Crippen molar-refractivity contribution in [3.8, 4) is 0 Å². The van der Waals surface area contributed by atoms with Crippen molar-refractivity contribution in [2.45, 2.75) is 121 Å². The number of aliphatic carboxylic acids is 2. The van der Waals surface area contributed by atoms with Crippen LogP contribution in [-0.2, 0) is 47.9 Å². The highest BCUT2D eigenvalue weighted by Crippen LogP contribution is 2.09. The van der Waals surface area contributed by atoms with Gasteiger partial charge in [-0.05, 0) is 70.3 Å². The summed E-state index contributed by atoms with van der Waals surface area (Å²) >= 11 is 1.39. The van der Waals surface area contributed by atoms with Gasteiger partial charge in [0.1, 0.15) is 42.3 Å². The number of nitrogens with two attached hydrogens (primary N) is 4. The number of carbonyl (C=O) groups is 10. The van der Waals surface area contributed by atoms with Gasteiger partial charge < -0.3 is 70.4 Å². The molecule has 0 bridgehead atoms. The first kappa shape index (κ1) is 54.3. The van der Waals surface area contributed by atoms with Gasteiger partial charge in [-0.2, -0.15) is 11.8 Å². The number of hydrogen-bond acceptors (Lipinski definition) is 13. The molecule has 0 aromatic heterocycles. The predicted molar refractivity (Wildman–Crippen MR) is 219 cm³/mol. The molecule has 60 heavy (non-hydrogen) atoms. The average Bonchev–Trinajstić information content (AvgIpc) is 3.16. The fourth-order valence-corrected chi connectivity index (χ4v) is 5.68. The van der Waals surface area contributed by atoms with Gasteiger partial charge in [0.2, 0.25) is 47.3 Å². The normalized spacial score (nSPS) is 14.3. The molecule has 7 atom stereocenters. The van der Waals surface area contributed by atoms with E-state index in [0.717, 1.165) is 0 Å². The molecule has 0 saturated carbocycles. The maximum Gasteiger partial charge on any atom is 0.326 e. The van der Waals surface area contributed by atoms with Crippen LogP contribution in [0.15, 0.2) is 4.99 Å². The lowest BCUT2D eigenvalue weighted by molar-refractivity contribution is -0.143. The molecule has 24 nitrogen and oxygen atoms in total. The van der Waals surface area contributed by atoms with E-state index in [1.165, 1.54) is 25.6 Å². The lowest BCUT2D eigenvalue weighted by Crippen LogP contribution is -2.59. The summed E-state index contributed by atoms with van der Waals surface area (Å²) in [6, 6.07) is -9.40. The third-order valence-electron chi connectivity index (χ3n) is 8.44. The van der Waals surface area contributed by atoms with Crippen LogP contribution in [0.1, 0.15) is 79.1 Å². The molecule has 0 aliphatic rings. The monoisotopic (exact) mass is 874 g/mol. The Morgan fingerprint density at radius 1 is 0.583 bits per heavy atom. The first-order chi connectivity index (χ1) is 28.0. The second kappa shape index (κ2) is 28.7. The summed E-state index contributed by atoms with van der Waals surface area (Å²) in [6.45, 7) is 5.62. The fraction of sp³-hybridized carbons (Fsp3) is 0.686. The first-order valence-electron chi connectivity index (χ1n) is 19.1. The zero-order valence-corrected chi connectivity index (χ0v) is 35.4. The summed E-state index contributed by atoms with van der Waals surface area (Å²) < 4.78 is 0. The van der Waals surface area contributed by atoms with Gasteiger partial charge in [-0.25, -0.2) is 4.79 Å². The van der Waals surface area contributed by atoms with Crippen molar-refractivity contribution in [3.05, 3.63) is 0 Å².